The van der Waals surface area contributed by atoms with Gasteiger partial charge in [-0.1, -0.05) is 54.1 Å². The van der Waals surface area contributed by atoms with Gasteiger partial charge >= 0.3 is 0 Å². The fourth-order valence-corrected chi connectivity index (χ4v) is 2.73. The summed E-state index contributed by atoms with van der Waals surface area (Å²) in [6.07, 6.45) is -0.434. The van der Waals surface area contributed by atoms with Gasteiger partial charge in [0.15, 0.2) is 0 Å². The summed E-state index contributed by atoms with van der Waals surface area (Å²) in [5.74, 6) is 1.61. The summed E-state index contributed by atoms with van der Waals surface area (Å²) in [6.45, 7) is 0. The third kappa shape index (κ3) is 4.05. The van der Waals surface area contributed by atoms with Crippen LogP contribution in [0.4, 0.5) is 0 Å². The van der Waals surface area contributed by atoms with Crippen LogP contribution in [-0.4, -0.2) is 10.9 Å². The lowest BCUT2D eigenvalue weighted by molar-refractivity contribution is 0.204. The zero-order valence-corrected chi connectivity index (χ0v) is 11.5. The molecule has 1 unspecified atom stereocenters. The fourth-order valence-electron chi connectivity index (χ4n) is 1.64. The van der Waals surface area contributed by atoms with Gasteiger partial charge < -0.3 is 5.11 Å². The van der Waals surface area contributed by atoms with E-state index in [1.54, 1.807) is 11.8 Å². The molecule has 0 radical (unpaired) electrons. The first-order chi connectivity index (χ1) is 8.75. The zero-order chi connectivity index (χ0) is 12.8. The molecule has 0 aliphatic carbocycles. The molecule has 2 aromatic carbocycles. The number of benzene rings is 2. The molecule has 2 aromatic rings. The molecule has 0 heterocycles. The molecule has 94 valence electrons. The predicted molar refractivity (Wildman–Crippen MR) is 79.0 cm³/mol. The van der Waals surface area contributed by atoms with Gasteiger partial charge in [0.1, 0.15) is 0 Å². The van der Waals surface area contributed by atoms with Crippen molar-refractivity contribution in [2.24, 2.45) is 0 Å². The minimum atomic E-state index is -0.434. The number of hydrogen-bond donors (Lipinski definition) is 1. The van der Waals surface area contributed by atoms with Gasteiger partial charge in [-0.2, -0.15) is 11.8 Å². The molecule has 0 amide bonds. The van der Waals surface area contributed by atoms with E-state index >= 15 is 0 Å². The number of rotatable bonds is 5. The van der Waals surface area contributed by atoms with Crippen molar-refractivity contribution in [1.82, 2.24) is 0 Å². The highest BCUT2D eigenvalue weighted by molar-refractivity contribution is 7.98. The monoisotopic (exact) mass is 278 g/mol. The molecule has 0 saturated heterocycles. The number of aliphatic hydroxyl groups excluding tert-OH is 1. The number of halogens is 1. The second-order valence-electron chi connectivity index (χ2n) is 4.07. The first-order valence-corrected chi connectivity index (χ1v) is 7.34. The normalized spacial score (nSPS) is 12.3. The lowest BCUT2D eigenvalue weighted by Gasteiger charge is -2.10. The molecule has 0 fully saturated rings. The van der Waals surface area contributed by atoms with Crippen LogP contribution in [0, 0.1) is 0 Å². The first-order valence-electron chi connectivity index (χ1n) is 5.81. The number of hydrogen-bond acceptors (Lipinski definition) is 2. The number of thioether (sulfide) groups is 1. The highest BCUT2D eigenvalue weighted by Gasteiger charge is 2.07. The van der Waals surface area contributed by atoms with E-state index in [1.165, 1.54) is 5.56 Å². The van der Waals surface area contributed by atoms with Crippen LogP contribution in [0.3, 0.4) is 0 Å². The van der Waals surface area contributed by atoms with E-state index in [9.17, 15) is 5.11 Å². The number of aliphatic hydroxyl groups is 1. The maximum Gasteiger partial charge on any atom is 0.0880 e. The maximum absolute atomic E-state index is 10.0. The summed E-state index contributed by atoms with van der Waals surface area (Å²) < 4.78 is 0. The van der Waals surface area contributed by atoms with Gasteiger partial charge in [-0.3, -0.25) is 0 Å². The SMILES string of the molecule is OC(CSCc1ccccc1)c1ccc(Cl)cc1. The van der Waals surface area contributed by atoms with Crippen LogP contribution in [0.2, 0.25) is 5.02 Å². The van der Waals surface area contributed by atoms with Crippen molar-refractivity contribution in [3.05, 3.63) is 70.7 Å². The average molecular weight is 279 g/mol. The Kier molecular flexibility index (Phi) is 5.12. The molecule has 0 aliphatic heterocycles. The Morgan fingerprint density at radius 2 is 1.67 bits per heavy atom. The molecule has 1 nitrogen and oxygen atoms in total. The summed E-state index contributed by atoms with van der Waals surface area (Å²) in [7, 11) is 0. The van der Waals surface area contributed by atoms with Crippen molar-refractivity contribution < 1.29 is 5.11 Å². The molecule has 0 saturated carbocycles. The summed E-state index contributed by atoms with van der Waals surface area (Å²) in [6, 6.07) is 17.6. The second-order valence-corrected chi connectivity index (χ2v) is 5.53. The van der Waals surface area contributed by atoms with E-state index in [-0.39, 0.29) is 0 Å². The lowest BCUT2D eigenvalue weighted by atomic mass is 10.1. The first kappa shape index (κ1) is 13.5. The van der Waals surface area contributed by atoms with Gasteiger partial charge in [-0.25, -0.2) is 0 Å². The molecule has 0 bridgehead atoms. The summed E-state index contributed by atoms with van der Waals surface area (Å²) in [5, 5.41) is 10.7. The lowest BCUT2D eigenvalue weighted by Crippen LogP contribution is -2.00. The van der Waals surface area contributed by atoms with Gasteiger partial charge in [0.2, 0.25) is 0 Å². The van der Waals surface area contributed by atoms with Crippen molar-refractivity contribution in [2.45, 2.75) is 11.9 Å². The highest BCUT2D eigenvalue weighted by atomic mass is 35.5. The van der Waals surface area contributed by atoms with Crippen molar-refractivity contribution in [3.63, 3.8) is 0 Å². The topological polar surface area (TPSA) is 20.2 Å². The molecule has 2 rings (SSSR count). The van der Waals surface area contributed by atoms with E-state index in [0.717, 1.165) is 11.3 Å². The van der Waals surface area contributed by atoms with Gasteiger partial charge in [0.05, 0.1) is 6.10 Å². The Bertz CT molecular complexity index is 470. The highest BCUT2D eigenvalue weighted by Crippen LogP contribution is 2.22. The Labute approximate surface area is 117 Å². The minimum absolute atomic E-state index is 0.434. The van der Waals surface area contributed by atoms with Crippen LogP contribution in [0.1, 0.15) is 17.2 Å². The van der Waals surface area contributed by atoms with E-state index in [1.807, 2.05) is 42.5 Å². The van der Waals surface area contributed by atoms with E-state index in [2.05, 4.69) is 12.1 Å². The molecule has 0 spiro atoms. The van der Waals surface area contributed by atoms with Crippen LogP contribution in [0.5, 0.6) is 0 Å². The molecule has 3 heteroatoms. The largest absolute Gasteiger partial charge is 0.388 e. The summed E-state index contributed by atoms with van der Waals surface area (Å²) >= 11 is 7.54. The van der Waals surface area contributed by atoms with Crippen molar-refractivity contribution in [1.29, 1.82) is 0 Å². The minimum Gasteiger partial charge on any atom is -0.388 e. The molecule has 18 heavy (non-hydrogen) atoms. The Morgan fingerprint density at radius 1 is 1.00 bits per heavy atom. The Balaban J connectivity index is 1.81. The third-order valence-electron chi connectivity index (χ3n) is 2.64. The van der Waals surface area contributed by atoms with Crippen LogP contribution < -0.4 is 0 Å². The summed E-state index contributed by atoms with van der Waals surface area (Å²) in [5.41, 5.74) is 2.20. The van der Waals surface area contributed by atoms with Crippen LogP contribution in [0.15, 0.2) is 54.6 Å². The van der Waals surface area contributed by atoms with Gasteiger partial charge in [0, 0.05) is 16.5 Å². The average Bonchev–Trinajstić information content (AvgIpc) is 2.40. The van der Waals surface area contributed by atoms with Crippen molar-refractivity contribution in [2.75, 3.05) is 5.75 Å². The molecular formula is C15H15ClOS. The van der Waals surface area contributed by atoms with Gasteiger partial charge in [-0.05, 0) is 23.3 Å². The molecule has 0 aliphatic rings. The van der Waals surface area contributed by atoms with Crippen LogP contribution in [-0.2, 0) is 5.75 Å². The molecule has 0 aromatic heterocycles. The standard InChI is InChI=1S/C15H15ClOS/c16-14-8-6-13(7-9-14)15(17)11-18-10-12-4-2-1-3-5-12/h1-9,15,17H,10-11H2. The summed E-state index contributed by atoms with van der Waals surface area (Å²) in [4.78, 5) is 0. The maximum atomic E-state index is 10.0. The molecule has 1 N–H and O–H groups in total. The van der Waals surface area contributed by atoms with E-state index < -0.39 is 6.10 Å². The van der Waals surface area contributed by atoms with Gasteiger partial charge in [-0.15, -0.1) is 0 Å². The molecule has 1 atom stereocenters. The van der Waals surface area contributed by atoms with Crippen LogP contribution in [0.25, 0.3) is 0 Å². The fraction of sp³-hybridized carbons (Fsp3) is 0.200. The predicted octanol–water partition coefficient (Wildman–Crippen LogP) is 4.31. The smallest absolute Gasteiger partial charge is 0.0880 e. The van der Waals surface area contributed by atoms with Crippen molar-refractivity contribution in [3.8, 4) is 0 Å². The zero-order valence-electron chi connectivity index (χ0n) is 9.92. The second kappa shape index (κ2) is 6.83. The quantitative estimate of drug-likeness (QED) is 0.880. The van der Waals surface area contributed by atoms with E-state index in [0.29, 0.717) is 10.8 Å². The third-order valence-corrected chi connectivity index (χ3v) is 3.98. The molecular weight excluding hydrogens is 264 g/mol. The Morgan fingerprint density at radius 3 is 2.33 bits per heavy atom. The Hall–Kier alpha value is -0.960. The van der Waals surface area contributed by atoms with Gasteiger partial charge in [0.25, 0.3) is 0 Å². The van der Waals surface area contributed by atoms with Crippen LogP contribution >= 0.6 is 23.4 Å². The van der Waals surface area contributed by atoms with E-state index in [4.69, 9.17) is 11.6 Å². The van der Waals surface area contributed by atoms with Crippen molar-refractivity contribution >= 4 is 23.4 Å².